The van der Waals surface area contributed by atoms with Crippen molar-refractivity contribution in [3.8, 4) is 5.75 Å². The summed E-state index contributed by atoms with van der Waals surface area (Å²) in [4.78, 5) is 24.3. The fraction of sp³-hybridized carbons (Fsp3) is 0.500. The Kier molecular flexibility index (Phi) is 15.7. The molecule has 0 fully saturated rings. The van der Waals surface area contributed by atoms with E-state index < -0.39 is 5.97 Å². The van der Waals surface area contributed by atoms with Gasteiger partial charge in [0.2, 0.25) is 5.91 Å². The number of esters is 1. The van der Waals surface area contributed by atoms with E-state index in [1.165, 1.54) is 82.8 Å². The highest BCUT2D eigenvalue weighted by atomic mass is 35.5. The summed E-state index contributed by atoms with van der Waals surface area (Å²) in [5.74, 6) is -0.271. The monoisotopic (exact) mass is 546 g/mol. The second-order valence-electron chi connectivity index (χ2n) is 9.37. The van der Waals surface area contributed by atoms with Gasteiger partial charge in [-0.1, -0.05) is 107 Å². The van der Waals surface area contributed by atoms with Crippen molar-refractivity contribution in [1.82, 2.24) is 5.43 Å². The van der Waals surface area contributed by atoms with E-state index in [-0.39, 0.29) is 16.5 Å². The van der Waals surface area contributed by atoms with Gasteiger partial charge in [0.1, 0.15) is 5.75 Å². The Balaban J connectivity index is 1.53. The van der Waals surface area contributed by atoms with Gasteiger partial charge in [0.05, 0.1) is 16.8 Å². The molecule has 0 saturated carbocycles. The summed E-state index contributed by atoms with van der Waals surface area (Å²) in [6.45, 7) is 2.26. The molecular weight excluding hydrogens is 507 g/mol. The highest BCUT2D eigenvalue weighted by Crippen LogP contribution is 2.23. The van der Waals surface area contributed by atoms with Crippen LogP contribution in [-0.2, 0) is 4.79 Å². The van der Waals surface area contributed by atoms with Crippen LogP contribution in [0.15, 0.2) is 47.6 Å². The number of ether oxygens (including phenoxy) is 1. The minimum atomic E-state index is -0.566. The number of unbranched alkanes of at least 4 members (excludes halogenated alkanes) is 12. The fourth-order valence-corrected chi connectivity index (χ4v) is 4.46. The molecule has 0 aliphatic carbocycles. The smallest absolute Gasteiger partial charge is 0.345 e. The molecule has 7 heteroatoms. The molecule has 0 bridgehead atoms. The Morgan fingerprint density at radius 2 is 1.38 bits per heavy atom. The number of carbonyl (C=O) groups is 2. The third-order valence-electron chi connectivity index (χ3n) is 6.15. The average Bonchev–Trinajstić information content (AvgIpc) is 2.87. The van der Waals surface area contributed by atoms with Crippen LogP contribution in [-0.4, -0.2) is 18.1 Å². The van der Waals surface area contributed by atoms with Crippen molar-refractivity contribution >= 4 is 41.3 Å². The first-order chi connectivity index (χ1) is 18.0. The molecule has 2 rings (SSSR count). The minimum Gasteiger partial charge on any atom is -0.423 e. The average molecular weight is 548 g/mol. The second-order valence-corrected chi connectivity index (χ2v) is 10.2. The number of hydrogen-bond donors (Lipinski definition) is 1. The fourth-order valence-electron chi connectivity index (χ4n) is 3.98. The summed E-state index contributed by atoms with van der Waals surface area (Å²) in [6.07, 6.45) is 18.7. The highest BCUT2D eigenvalue weighted by Gasteiger charge is 2.13. The van der Waals surface area contributed by atoms with Crippen molar-refractivity contribution in [2.75, 3.05) is 0 Å². The van der Waals surface area contributed by atoms with Crippen LogP contribution in [0.3, 0.4) is 0 Å². The molecule has 202 valence electrons. The Hall–Kier alpha value is -2.37. The highest BCUT2D eigenvalue weighted by molar-refractivity contribution is 6.36. The molecule has 0 spiro atoms. The molecule has 0 saturated heterocycles. The van der Waals surface area contributed by atoms with Crippen LogP contribution in [0.4, 0.5) is 0 Å². The van der Waals surface area contributed by atoms with Crippen LogP contribution < -0.4 is 10.2 Å². The van der Waals surface area contributed by atoms with Gasteiger partial charge >= 0.3 is 5.97 Å². The lowest BCUT2D eigenvalue weighted by Gasteiger charge is -2.06. The Labute approximate surface area is 232 Å². The van der Waals surface area contributed by atoms with E-state index in [1.54, 1.807) is 36.5 Å². The molecule has 1 N–H and O–H groups in total. The van der Waals surface area contributed by atoms with Gasteiger partial charge < -0.3 is 4.74 Å². The number of amides is 1. The van der Waals surface area contributed by atoms with Crippen molar-refractivity contribution in [3.63, 3.8) is 0 Å². The maximum Gasteiger partial charge on any atom is 0.345 e. The van der Waals surface area contributed by atoms with Crippen molar-refractivity contribution in [2.45, 2.75) is 96.8 Å². The molecule has 2 aromatic rings. The van der Waals surface area contributed by atoms with E-state index in [0.717, 1.165) is 18.4 Å². The van der Waals surface area contributed by atoms with E-state index in [1.807, 2.05) is 0 Å². The molecule has 37 heavy (non-hydrogen) atoms. The zero-order valence-corrected chi connectivity index (χ0v) is 23.5. The quantitative estimate of drug-likeness (QED) is 0.0665. The van der Waals surface area contributed by atoms with E-state index in [0.29, 0.717) is 17.2 Å². The van der Waals surface area contributed by atoms with E-state index in [9.17, 15) is 9.59 Å². The molecular formula is C30H40Cl2N2O3. The third kappa shape index (κ3) is 13.7. The summed E-state index contributed by atoms with van der Waals surface area (Å²) < 4.78 is 5.35. The zero-order chi connectivity index (χ0) is 26.7. The van der Waals surface area contributed by atoms with E-state index in [2.05, 4.69) is 17.5 Å². The van der Waals surface area contributed by atoms with Crippen molar-refractivity contribution in [2.24, 2.45) is 5.10 Å². The maximum absolute atomic E-state index is 12.3. The number of halogens is 2. The van der Waals surface area contributed by atoms with Crippen LogP contribution in [0, 0.1) is 0 Å². The van der Waals surface area contributed by atoms with Gasteiger partial charge in [-0.2, -0.15) is 5.10 Å². The lowest BCUT2D eigenvalue weighted by Crippen LogP contribution is -2.16. The van der Waals surface area contributed by atoms with Crippen molar-refractivity contribution in [3.05, 3.63) is 63.6 Å². The van der Waals surface area contributed by atoms with Gasteiger partial charge in [-0.3, -0.25) is 4.79 Å². The Morgan fingerprint density at radius 1 is 0.811 bits per heavy atom. The van der Waals surface area contributed by atoms with Crippen LogP contribution in [0.2, 0.25) is 10.0 Å². The summed E-state index contributed by atoms with van der Waals surface area (Å²) in [5.41, 5.74) is 3.58. The van der Waals surface area contributed by atoms with Crippen LogP contribution in [0.25, 0.3) is 0 Å². The summed E-state index contributed by atoms with van der Waals surface area (Å²) in [7, 11) is 0. The van der Waals surface area contributed by atoms with Gasteiger partial charge in [-0.05, 0) is 54.4 Å². The van der Waals surface area contributed by atoms with Gasteiger partial charge in [0, 0.05) is 11.4 Å². The molecule has 0 aliphatic heterocycles. The predicted octanol–water partition coefficient (Wildman–Crippen LogP) is 9.14. The van der Waals surface area contributed by atoms with E-state index in [4.69, 9.17) is 27.9 Å². The van der Waals surface area contributed by atoms with E-state index >= 15 is 0 Å². The number of carbonyl (C=O) groups excluding carboxylic acids is 2. The zero-order valence-electron chi connectivity index (χ0n) is 21.9. The third-order valence-corrected chi connectivity index (χ3v) is 6.70. The minimum absolute atomic E-state index is 0.0790. The number of nitrogens with zero attached hydrogens (tertiary/aromatic N) is 1. The first-order valence-electron chi connectivity index (χ1n) is 13.6. The summed E-state index contributed by atoms with van der Waals surface area (Å²) in [5, 5.41) is 4.70. The number of nitrogens with one attached hydrogen (secondary N) is 1. The first kappa shape index (κ1) is 30.9. The lowest BCUT2D eigenvalue weighted by molar-refractivity contribution is -0.121. The normalized spacial score (nSPS) is 11.1. The SMILES string of the molecule is CCCCCCCCCCCCCCCC(=O)N/N=C/c1ccc(OC(=O)c2ccc(Cl)cc2Cl)cc1. The van der Waals surface area contributed by atoms with Crippen molar-refractivity contribution < 1.29 is 14.3 Å². The molecule has 2 aromatic carbocycles. The van der Waals surface area contributed by atoms with Gasteiger partial charge in [-0.15, -0.1) is 0 Å². The van der Waals surface area contributed by atoms with Crippen LogP contribution >= 0.6 is 23.2 Å². The summed E-state index contributed by atoms with van der Waals surface area (Å²) >= 11 is 11.9. The topological polar surface area (TPSA) is 67.8 Å². The largest absolute Gasteiger partial charge is 0.423 e. The number of hydrogen-bond acceptors (Lipinski definition) is 4. The van der Waals surface area contributed by atoms with Crippen molar-refractivity contribution in [1.29, 1.82) is 0 Å². The molecule has 0 aliphatic rings. The molecule has 1 amide bonds. The lowest BCUT2D eigenvalue weighted by atomic mass is 10.0. The molecule has 0 unspecified atom stereocenters. The Morgan fingerprint density at radius 3 is 1.95 bits per heavy atom. The van der Waals surface area contributed by atoms with Gasteiger partial charge in [0.15, 0.2) is 0 Å². The summed E-state index contributed by atoms with van der Waals surface area (Å²) in [6, 6.07) is 11.4. The van der Waals surface area contributed by atoms with Gasteiger partial charge in [0.25, 0.3) is 0 Å². The van der Waals surface area contributed by atoms with Crippen LogP contribution in [0.1, 0.15) is 113 Å². The maximum atomic E-state index is 12.3. The molecule has 0 atom stereocenters. The van der Waals surface area contributed by atoms with Gasteiger partial charge in [-0.25, -0.2) is 10.2 Å². The standard InChI is InChI=1S/C30H40Cl2N2O3/c1-2-3-4-5-6-7-8-9-10-11-12-13-14-15-29(35)34-33-23-24-16-19-26(20-17-24)37-30(36)27-21-18-25(31)22-28(27)32/h16-23H,2-15H2,1H3,(H,34,35)/b33-23+. The second kappa shape index (κ2) is 18.8. The molecule has 0 radical (unpaired) electrons. The number of hydrazone groups is 1. The number of rotatable bonds is 18. The first-order valence-corrected chi connectivity index (χ1v) is 14.3. The molecule has 0 heterocycles. The number of benzene rings is 2. The molecule has 5 nitrogen and oxygen atoms in total. The molecule has 0 aromatic heterocycles. The van der Waals surface area contributed by atoms with Crippen LogP contribution in [0.5, 0.6) is 5.75 Å². The predicted molar refractivity (Wildman–Crippen MR) is 154 cm³/mol. The Bertz CT molecular complexity index is 977.